The van der Waals surface area contributed by atoms with E-state index in [1.807, 2.05) is 12.1 Å². The first-order valence-electron chi connectivity index (χ1n) is 5.14. The molecule has 1 aromatic carbocycles. The van der Waals surface area contributed by atoms with Crippen LogP contribution in [-0.4, -0.2) is 14.2 Å². The van der Waals surface area contributed by atoms with Crippen LogP contribution in [0.5, 0.6) is 0 Å². The van der Waals surface area contributed by atoms with E-state index in [0.717, 1.165) is 12.8 Å². The Bertz CT molecular complexity index is 453. The van der Waals surface area contributed by atoms with Crippen LogP contribution in [0.25, 0.3) is 0 Å². The van der Waals surface area contributed by atoms with E-state index < -0.39 is 10.0 Å². The maximum Gasteiger partial charge on any atom is 0.209 e. The lowest BCUT2D eigenvalue weighted by Gasteiger charge is -2.09. The number of sulfonamides is 1. The van der Waals surface area contributed by atoms with Gasteiger partial charge in [0.25, 0.3) is 0 Å². The van der Waals surface area contributed by atoms with E-state index in [4.69, 9.17) is 5.14 Å². The lowest BCUT2D eigenvalue weighted by atomic mass is 9.99. The Morgan fingerprint density at radius 1 is 1.33 bits per heavy atom. The van der Waals surface area contributed by atoms with Crippen molar-refractivity contribution < 1.29 is 8.42 Å². The predicted octanol–water partition coefficient (Wildman–Crippen LogP) is 1.40. The zero-order chi connectivity index (χ0) is 10.9. The van der Waals surface area contributed by atoms with Crippen molar-refractivity contribution >= 4 is 10.0 Å². The number of rotatable bonds is 3. The maximum absolute atomic E-state index is 10.9. The van der Waals surface area contributed by atoms with E-state index in [0.29, 0.717) is 12.3 Å². The van der Waals surface area contributed by atoms with Gasteiger partial charge in [-0.1, -0.05) is 24.3 Å². The first-order valence-corrected chi connectivity index (χ1v) is 6.86. The van der Waals surface area contributed by atoms with Crippen molar-refractivity contribution in [3.63, 3.8) is 0 Å². The minimum atomic E-state index is -3.31. The van der Waals surface area contributed by atoms with Gasteiger partial charge in [0.1, 0.15) is 0 Å². The SMILES string of the molecule is NS(=O)(=O)CCC1CCc2ccccc21. The van der Waals surface area contributed by atoms with Crippen LogP contribution < -0.4 is 5.14 Å². The number of benzene rings is 1. The summed E-state index contributed by atoms with van der Waals surface area (Å²) in [4.78, 5) is 0. The molecule has 0 aromatic heterocycles. The minimum absolute atomic E-state index is 0.0893. The zero-order valence-corrected chi connectivity index (χ0v) is 9.33. The van der Waals surface area contributed by atoms with E-state index in [1.165, 1.54) is 11.1 Å². The van der Waals surface area contributed by atoms with E-state index in [1.54, 1.807) is 0 Å². The molecule has 0 heterocycles. The predicted molar refractivity (Wildman–Crippen MR) is 60.1 cm³/mol. The molecule has 0 amide bonds. The van der Waals surface area contributed by atoms with Crippen LogP contribution in [0.1, 0.15) is 29.9 Å². The van der Waals surface area contributed by atoms with Crippen LogP contribution in [-0.2, 0) is 16.4 Å². The highest BCUT2D eigenvalue weighted by atomic mass is 32.2. The third-order valence-electron chi connectivity index (χ3n) is 3.01. The molecular weight excluding hydrogens is 210 g/mol. The average molecular weight is 225 g/mol. The summed E-state index contributed by atoms with van der Waals surface area (Å²) in [6.45, 7) is 0. The molecule has 1 aromatic rings. The van der Waals surface area contributed by atoms with Gasteiger partial charge < -0.3 is 0 Å². The number of primary sulfonamides is 1. The highest BCUT2D eigenvalue weighted by molar-refractivity contribution is 7.89. The second kappa shape index (κ2) is 3.94. The zero-order valence-electron chi connectivity index (χ0n) is 8.52. The fraction of sp³-hybridized carbons (Fsp3) is 0.455. The van der Waals surface area contributed by atoms with Crippen LogP contribution in [0.15, 0.2) is 24.3 Å². The van der Waals surface area contributed by atoms with Gasteiger partial charge in [-0.05, 0) is 36.3 Å². The van der Waals surface area contributed by atoms with Crippen molar-refractivity contribution in [1.82, 2.24) is 0 Å². The molecule has 2 rings (SSSR count). The van der Waals surface area contributed by atoms with Crippen molar-refractivity contribution in [3.05, 3.63) is 35.4 Å². The molecule has 82 valence electrons. The van der Waals surface area contributed by atoms with E-state index in [9.17, 15) is 8.42 Å². The van der Waals surface area contributed by atoms with Crippen molar-refractivity contribution in [2.24, 2.45) is 5.14 Å². The molecule has 1 aliphatic carbocycles. The molecule has 0 bridgehead atoms. The number of hydrogen-bond acceptors (Lipinski definition) is 2. The summed E-state index contributed by atoms with van der Waals surface area (Å²) in [5, 5.41) is 5.01. The summed E-state index contributed by atoms with van der Waals surface area (Å²) in [5.41, 5.74) is 2.66. The lowest BCUT2D eigenvalue weighted by Crippen LogP contribution is -2.17. The Labute approximate surface area is 90.4 Å². The van der Waals surface area contributed by atoms with Gasteiger partial charge in [0.05, 0.1) is 5.75 Å². The van der Waals surface area contributed by atoms with Crippen LogP contribution in [0.2, 0.25) is 0 Å². The van der Waals surface area contributed by atoms with Crippen molar-refractivity contribution in [2.45, 2.75) is 25.2 Å². The molecule has 0 fully saturated rings. The minimum Gasteiger partial charge on any atom is -0.229 e. The second-order valence-electron chi connectivity index (χ2n) is 4.09. The summed E-state index contributed by atoms with van der Waals surface area (Å²) in [6.07, 6.45) is 2.76. The molecule has 0 saturated heterocycles. The monoisotopic (exact) mass is 225 g/mol. The topological polar surface area (TPSA) is 60.2 Å². The molecule has 1 atom stereocenters. The van der Waals surface area contributed by atoms with Crippen molar-refractivity contribution in [1.29, 1.82) is 0 Å². The van der Waals surface area contributed by atoms with Gasteiger partial charge in [-0.2, -0.15) is 0 Å². The standard InChI is InChI=1S/C11H15NO2S/c12-15(13,14)8-7-10-6-5-9-3-1-2-4-11(9)10/h1-4,10H,5-8H2,(H2,12,13,14). The number of nitrogens with two attached hydrogens (primary N) is 1. The third-order valence-corrected chi connectivity index (χ3v) is 3.81. The summed E-state index contributed by atoms with van der Waals surface area (Å²) < 4.78 is 21.8. The Balaban J connectivity index is 2.08. The van der Waals surface area contributed by atoms with Crippen LogP contribution in [0.4, 0.5) is 0 Å². The summed E-state index contributed by atoms with van der Waals surface area (Å²) >= 11 is 0. The highest BCUT2D eigenvalue weighted by Crippen LogP contribution is 2.35. The fourth-order valence-electron chi connectivity index (χ4n) is 2.25. The molecule has 15 heavy (non-hydrogen) atoms. The average Bonchev–Trinajstić information content (AvgIpc) is 2.57. The molecule has 0 aliphatic heterocycles. The molecule has 0 radical (unpaired) electrons. The van der Waals surface area contributed by atoms with Gasteiger partial charge in [-0.25, -0.2) is 13.6 Å². The molecule has 4 heteroatoms. The van der Waals surface area contributed by atoms with Crippen LogP contribution >= 0.6 is 0 Å². The smallest absolute Gasteiger partial charge is 0.209 e. The van der Waals surface area contributed by atoms with Gasteiger partial charge in [0, 0.05) is 0 Å². The summed E-state index contributed by atoms with van der Waals surface area (Å²) in [5.74, 6) is 0.464. The van der Waals surface area contributed by atoms with Gasteiger partial charge in [0.2, 0.25) is 10.0 Å². The van der Waals surface area contributed by atoms with Crippen molar-refractivity contribution in [3.8, 4) is 0 Å². The van der Waals surface area contributed by atoms with Gasteiger partial charge in [0.15, 0.2) is 0 Å². The summed E-state index contributed by atoms with van der Waals surface area (Å²) in [6, 6.07) is 8.25. The maximum atomic E-state index is 10.9. The third kappa shape index (κ3) is 2.58. The Kier molecular flexibility index (Phi) is 2.80. The molecule has 2 N–H and O–H groups in total. The normalized spacial score (nSPS) is 20.2. The first-order chi connectivity index (χ1) is 7.06. The molecule has 1 unspecified atom stereocenters. The van der Waals surface area contributed by atoms with Gasteiger partial charge in [-0.3, -0.25) is 0 Å². The second-order valence-corrected chi connectivity index (χ2v) is 5.82. The van der Waals surface area contributed by atoms with Gasteiger partial charge >= 0.3 is 0 Å². The molecule has 1 aliphatic rings. The van der Waals surface area contributed by atoms with E-state index in [2.05, 4.69) is 12.1 Å². The molecule has 0 spiro atoms. The number of hydrogen-bond donors (Lipinski definition) is 1. The lowest BCUT2D eigenvalue weighted by molar-refractivity contribution is 0.584. The highest BCUT2D eigenvalue weighted by Gasteiger charge is 2.22. The van der Waals surface area contributed by atoms with E-state index in [-0.39, 0.29) is 5.75 Å². The quantitative estimate of drug-likeness (QED) is 0.845. The van der Waals surface area contributed by atoms with Crippen LogP contribution in [0, 0.1) is 0 Å². The molecule has 0 saturated carbocycles. The number of aryl methyl sites for hydroxylation is 1. The first kappa shape index (κ1) is 10.6. The molecule has 3 nitrogen and oxygen atoms in total. The van der Waals surface area contributed by atoms with Gasteiger partial charge in [-0.15, -0.1) is 0 Å². The largest absolute Gasteiger partial charge is 0.229 e. The summed E-state index contributed by atoms with van der Waals surface area (Å²) in [7, 11) is -3.31. The Hall–Kier alpha value is -0.870. The number of fused-ring (bicyclic) bond motifs is 1. The van der Waals surface area contributed by atoms with E-state index >= 15 is 0 Å². The van der Waals surface area contributed by atoms with Crippen LogP contribution in [0.3, 0.4) is 0 Å². The Morgan fingerprint density at radius 3 is 2.80 bits per heavy atom. The Morgan fingerprint density at radius 2 is 2.07 bits per heavy atom. The van der Waals surface area contributed by atoms with Crippen molar-refractivity contribution in [2.75, 3.05) is 5.75 Å². The fourth-order valence-corrected chi connectivity index (χ4v) is 2.86. The molecular formula is C11H15NO2S.